The number of ether oxygens (including phenoxy) is 1. The molecule has 1 amide bonds. The lowest BCUT2D eigenvalue weighted by atomic mass is 10.2. The highest BCUT2D eigenvalue weighted by Gasteiger charge is 2.27. The molecule has 0 saturated carbocycles. The Bertz CT molecular complexity index is 626. The normalized spacial score (nSPS) is 12.3. The molecule has 8 nitrogen and oxygen atoms in total. The van der Waals surface area contributed by atoms with E-state index in [2.05, 4.69) is 15.4 Å². The molecule has 1 unspecified atom stereocenters. The topological polar surface area (TPSA) is 122 Å². The van der Waals surface area contributed by atoms with Crippen molar-refractivity contribution >= 4 is 27.7 Å². The number of anilines is 1. The van der Waals surface area contributed by atoms with Gasteiger partial charge in [0.25, 0.3) is 16.0 Å². The van der Waals surface area contributed by atoms with Gasteiger partial charge in [-0.3, -0.25) is 9.35 Å². The van der Waals surface area contributed by atoms with E-state index in [9.17, 15) is 18.0 Å². The van der Waals surface area contributed by atoms with Crippen molar-refractivity contribution in [3.05, 3.63) is 29.8 Å². The molecule has 0 aliphatic carbocycles. The van der Waals surface area contributed by atoms with Crippen LogP contribution in [-0.4, -0.2) is 50.3 Å². The molecule has 0 saturated heterocycles. The van der Waals surface area contributed by atoms with Crippen molar-refractivity contribution < 1.29 is 27.3 Å². The van der Waals surface area contributed by atoms with E-state index in [1.165, 1.54) is 12.1 Å². The number of esters is 1. The van der Waals surface area contributed by atoms with E-state index in [4.69, 9.17) is 4.55 Å². The molecular formula is C13H18N2O6S. The van der Waals surface area contributed by atoms with Gasteiger partial charge in [0.1, 0.15) is 11.8 Å². The second-order valence-corrected chi connectivity index (χ2v) is 5.90. The molecule has 0 aromatic heterocycles. The van der Waals surface area contributed by atoms with Gasteiger partial charge in [0.15, 0.2) is 0 Å². The summed E-state index contributed by atoms with van der Waals surface area (Å²) < 4.78 is 35.0. The smallest absolute Gasteiger partial charge is 0.329 e. The third-order valence-corrected chi connectivity index (χ3v) is 3.45. The highest BCUT2D eigenvalue weighted by molar-refractivity contribution is 7.85. The number of carbonyl (C=O) groups is 2. The Kier molecular flexibility index (Phi) is 6.32. The van der Waals surface area contributed by atoms with E-state index < -0.39 is 33.8 Å². The maximum absolute atomic E-state index is 12.0. The van der Waals surface area contributed by atoms with Gasteiger partial charge in [0.2, 0.25) is 0 Å². The van der Waals surface area contributed by atoms with Crippen LogP contribution >= 0.6 is 0 Å². The van der Waals surface area contributed by atoms with E-state index in [1.807, 2.05) is 6.92 Å². The van der Waals surface area contributed by atoms with Crippen LogP contribution in [0.3, 0.4) is 0 Å². The van der Waals surface area contributed by atoms with Crippen molar-refractivity contribution in [1.82, 2.24) is 5.32 Å². The molecule has 1 rings (SSSR count). The fourth-order valence-electron chi connectivity index (χ4n) is 1.71. The number of nitrogens with one attached hydrogen (secondary N) is 2. The van der Waals surface area contributed by atoms with Gasteiger partial charge in [0.05, 0.1) is 7.11 Å². The maximum atomic E-state index is 12.0. The van der Waals surface area contributed by atoms with Crippen molar-refractivity contribution in [2.24, 2.45) is 0 Å². The van der Waals surface area contributed by atoms with Crippen LogP contribution in [0.4, 0.5) is 5.69 Å². The third kappa shape index (κ3) is 5.70. The molecule has 3 N–H and O–H groups in total. The molecule has 1 aromatic rings. The number of rotatable bonds is 7. The Balaban J connectivity index is 2.83. The van der Waals surface area contributed by atoms with Gasteiger partial charge in [0, 0.05) is 17.8 Å². The zero-order valence-corrected chi connectivity index (χ0v) is 13.0. The Morgan fingerprint density at radius 1 is 1.27 bits per heavy atom. The lowest BCUT2D eigenvalue weighted by Gasteiger charge is -2.15. The molecule has 0 radical (unpaired) electrons. The third-order valence-electron chi connectivity index (χ3n) is 2.70. The standard InChI is InChI=1S/C13H18N2O6S/c1-3-14-10-6-4-9(5-7-10)12(16)15-11(13(17)21-2)8-22(18,19)20/h4-7,11,14H,3,8H2,1-2H3,(H,15,16)(H,18,19,20). The average Bonchev–Trinajstić information content (AvgIpc) is 2.45. The predicted molar refractivity (Wildman–Crippen MR) is 80.3 cm³/mol. The van der Waals surface area contributed by atoms with Crippen molar-refractivity contribution in [3.63, 3.8) is 0 Å². The van der Waals surface area contributed by atoms with Gasteiger partial charge in [-0.25, -0.2) is 4.79 Å². The highest BCUT2D eigenvalue weighted by Crippen LogP contribution is 2.09. The van der Waals surface area contributed by atoms with E-state index in [-0.39, 0.29) is 5.56 Å². The van der Waals surface area contributed by atoms with Crippen LogP contribution < -0.4 is 10.6 Å². The van der Waals surface area contributed by atoms with E-state index in [0.717, 1.165) is 19.3 Å². The van der Waals surface area contributed by atoms with Crippen molar-refractivity contribution in [3.8, 4) is 0 Å². The second-order valence-electron chi connectivity index (χ2n) is 4.41. The Morgan fingerprint density at radius 3 is 2.32 bits per heavy atom. The van der Waals surface area contributed by atoms with E-state index in [1.54, 1.807) is 12.1 Å². The monoisotopic (exact) mass is 330 g/mol. The number of amides is 1. The quantitative estimate of drug-likeness (QED) is 0.485. The molecule has 0 aliphatic heterocycles. The number of hydrogen-bond acceptors (Lipinski definition) is 6. The summed E-state index contributed by atoms with van der Waals surface area (Å²) >= 11 is 0. The summed E-state index contributed by atoms with van der Waals surface area (Å²) in [5.41, 5.74) is 1.06. The van der Waals surface area contributed by atoms with Gasteiger partial charge in [-0.1, -0.05) is 0 Å². The Morgan fingerprint density at radius 2 is 1.86 bits per heavy atom. The highest BCUT2D eigenvalue weighted by atomic mass is 32.2. The number of carbonyl (C=O) groups excluding carboxylic acids is 2. The van der Waals surface area contributed by atoms with Crippen LogP contribution in [0.25, 0.3) is 0 Å². The summed E-state index contributed by atoms with van der Waals surface area (Å²) in [5, 5.41) is 5.27. The molecule has 0 aliphatic rings. The summed E-state index contributed by atoms with van der Waals surface area (Å²) in [6.07, 6.45) is 0. The van der Waals surface area contributed by atoms with Gasteiger partial charge in [-0.2, -0.15) is 8.42 Å². The minimum Gasteiger partial charge on any atom is -0.467 e. The zero-order valence-electron chi connectivity index (χ0n) is 12.2. The van der Waals surface area contributed by atoms with Crippen LogP contribution in [0.1, 0.15) is 17.3 Å². The fraction of sp³-hybridized carbons (Fsp3) is 0.385. The molecular weight excluding hydrogens is 312 g/mol. The lowest BCUT2D eigenvalue weighted by molar-refractivity contribution is -0.142. The minimum absolute atomic E-state index is 0.242. The van der Waals surface area contributed by atoms with E-state index >= 15 is 0 Å². The summed E-state index contributed by atoms with van der Waals surface area (Å²) in [4.78, 5) is 23.5. The summed E-state index contributed by atoms with van der Waals surface area (Å²) in [5.74, 6) is -2.57. The van der Waals surface area contributed by atoms with Gasteiger partial charge < -0.3 is 15.4 Å². The van der Waals surface area contributed by atoms with Gasteiger partial charge >= 0.3 is 5.97 Å². The fourth-order valence-corrected chi connectivity index (χ4v) is 2.35. The molecule has 22 heavy (non-hydrogen) atoms. The van der Waals surface area contributed by atoms with Crippen LogP contribution in [0.5, 0.6) is 0 Å². The minimum atomic E-state index is -4.45. The average molecular weight is 330 g/mol. The largest absolute Gasteiger partial charge is 0.467 e. The second kappa shape index (κ2) is 7.76. The molecule has 9 heteroatoms. The van der Waals surface area contributed by atoms with Crippen LogP contribution in [0.15, 0.2) is 24.3 Å². The molecule has 0 bridgehead atoms. The summed E-state index contributed by atoms with van der Waals surface area (Å²) in [6, 6.07) is 4.91. The van der Waals surface area contributed by atoms with Crippen LogP contribution in [0.2, 0.25) is 0 Å². The first kappa shape index (κ1) is 17.9. The SMILES string of the molecule is CCNc1ccc(C(=O)NC(CS(=O)(=O)O)C(=O)OC)cc1. The molecule has 1 aromatic carbocycles. The summed E-state index contributed by atoms with van der Waals surface area (Å²) in [6.45, 7) is 2.65. The number of methoxy groups -OCH3 is 1. The van der Waals surface area contributed by atoms with Crippen molar-refractivity contribution in [1.29, 1.82) is 0 Å². The van der Waals surface area contributed by atoms with E-state index in [0.29, 0.717) is 0 Å². The first-order chi connectivity index (χ1) is 10.3. The zero-order chi connectivity index (χ0) is 16.8. The molecule has 0 heterocycles. The van der Waals surface area contributed by atoms with Crippen molar-refractivity contribution in [2.75, 3.05) is 24.7 Å². The number of benzene rings is 1. The Labute approximate surface area is 128 Å². The first-order valence-corrected chi connectivity index (χ1v) is 8.05. The van der Waals surface area contributed by atoms with Crippen LogP contribution in [0, 0.1) is 0 Å². The van der Waals surface area contributed by atoms with Gasteiger partial charge in [-0.05, 0) is 31.2 Å². The molecule has 0 spiro atoms. The molecule has 1 atom stereocenters. The van der Waals surface area contributed by atoms with Crippen molar-refractivity contribution in [2.45, 2.75) is 13.0 Å². The van der Waals surface area contributed by atoms with Gasteiger partial charge in [-0.15, -0.1) is 0 Å². The molecule has 0 fully saturated rings. The number of hydrogen-bond donors (Lipinski definition) is 3. The molecule has 122 valence electrons. The first-order valence-electron chi connectivity index (χ1n) is 6.44. The maximum Gasteiger partial charge on any atom is 0.329 e. The Hall–Kier alpha value is -2.13. The summed E-state index contributed by atoms with van der Waals surface area (Å²) in [7, 11) is -3.39. The predicted octanol–water partition coefficient (Wildman–Crippen LogP) is 0.278. The lowest BCUT2D eigenvalue weighted by Crippen LogP contribution is -2.45. The van der Waals surface area contributed by atoms with Crippen LogP contribution in [-0.2, 0) is 19.6 Å².